The van der Waals surface area contributed by atoms with Crippen LogP contribution in [0, 0.1) is 11.8 Å². The number of rotatable bonds is 5. The van der Waals surface area contributed by atoms with Crippen molar-refractivity contribution in [1.82, 2.24) is 0 Å². The molecule has 2 fully saturated rings. The highest BCUT2D eigenvalue weighted by molar-refractivity contribution is 5.84. The average molecular weight is 398 g/mol. The number of ether oxygens (including phenoxy) is 1. The molecular weight excluding hydrogens is 354 g/mol. The van der Waals surface area contributed by atoms with Crippen molar-refractivity contribution in [2.75, 3.05) is 0 Å². The van der Waals surface area contributed by atoms with Gasteiger partial charge in [0.15, 0.2) is 0 Å². The first-order valence-corrected chi connectivity index (χ1v) is 11.9. The molecule has 2 aliphatic carbocycles. The molecule has 0 saturated heterocycles. The molecule has 1 aromatic rings. The lowest BCUT2D eigenvalue weighted by Gasteiger charge is -2.36. The van der Waals surface area contributed by atoms with Gasteiger partial charge in [0.1, 0.15) is 5.75 Å². The van der Waals surface area contributed by atoms with E-state index in [1.54, 1.807) is 6.08 Å². The maximum atomic E-state index is 6.38. The van der Waals surface area contributed by atoms with Gasteiger partial charge in [-0.2, -0.15) is 0 Å². The van der Waals surface area contributed by atoms with Crippen LogP contribution in [0.3, 0.4) is 0 Å². The number of nitrogens with zero attached hydrogens (tertiary/aromatic N) is 1. The number of hydrogen-bond donors (Lipinski definition) is 0. The van der Waals surface area contributed by atoms with Gasteiger partial charge in [0.05, 0.1) is 6.10 Å². The zero-order valence-electron chi connectivity index (χ0n) is 19.5. The standard InChI is InChI=1S/C24H37NO.C3H6/c1-17(2)26-24-20(16-25-21-13-6-5-7-14-21)12-9-15-22(24)23-18(3)10-8-11-19(23)4;1-3-2/h9,12,15-19,21,23H,5-8,10-11,13-14H2,1-4H3;3H,1H2,2H3. The lowest BCUT2D eigenvalue weighted by atomic mass is 9.70. The van der Waals surface area contributed by atoms with Crippen molar-refractivity contribution in [2.45, 2.75) is 104 Å². The SMILES string of the molecule is C=CC.CC(C)Oc1c(C=NC2CCCCC2)cccc1C1C(C)CCCC1C. The van der Waals surface area contributed by atoms with Gasteiger partial charge in [0, 0.05) is 17.8 Å². The van der Waals surface area contributed by atoms with E-state index in [9.17, 15) is 0 Å². The smallest absolute Gasteiger partial charge is 0.131 e. The van der Waals surface area contributed by atoms with Crippen LogP contribution < -0.4 is 4.74 Å². The molecule has 29 heavy (non-hydrogen) atoms. The third-order valence-electron chi connectivity index (χ3n) is 6.33. The molecular formula is C27H43NO. The highest BCUT2D eigenvalue weighted by Gasteiger charge is 2.32. The zero-order valence-corrected chi connectivity index (χ0v) is 19.5. The van der Waals surface area contributed by atoms with E-state index < -0.39 is 0 Å². The van der Waals surface area contributed by atoms with Crippen molar-refractivity contribution in [3.63, 3.8) is 0 Å². The molecule has 0 radical (unpaired) electrons. The Kier molecular flexibility index (Phi) is 9.97. The van der Waals surface area contributed by atoms with E-state index in [1.165, 1.54) is 62.5 Å². The fraction of sp³-hybridized carbons (Fsp3) is 0.667. The van der Waals surface area contributed by atoms with Gasteiger partial charge in [-0.3, -0.25) is 4.99 Å². The molecule has 0 bridgehead atoms. The van der Waals surface area contributed by atoms with Crippen LogP contribution in [-0.4, -0.2) is 18.4 Å². The predicted octanol–water partition coefficient (Wildman–Crippen LogP) is 7.96. The van der Waals surface area contributed by atoms with Gasteiger partial charge < -0.3 is 4.74 Å². The van der Waals surface area contributed by atoms with E-state index in [-0.39, 0.29) is 6.10 Å². The minimum absolute atomic E-state index is 0.187. The molecule has 2 nitrogen and oxygen atoms in total. The van der Waals surface area contributed by atoms with Crippen LogP contribution in [0.15, 0.2) is 35.8 Å². The van der Waals surface area contributed by atoms with E-state index in [2.05, 4.69) is 58.7 Å². The van der Waals surface area contributed by atoms with Crippen molar-refractivity contribution in [3.05, 3.63) is 42.0 Å². The van der Waals surface area contributed by atoms with Crippen LogP contribution in [0.2, 0.25) is 0 Å². The van der Waals surface area contributed by atoms with Gasteiger partial charge in [-0.25, -0.2) is 0 Å². The lowest BCUT2D eigenvalue weighted by molar-refractivity contribution is 0.215. The molecule has 2 heteroatoms. The maximum Gasteiger partial charge on any atom is 0.131 e. The molecule has 0 spiro atoms. The molecule has 0 amide bonds. The third kappa shape index (κ3) is 7.01. The monoisotopic (exact) mass is 397 g/mol. The van der Waals surface area contributed by atoms with E-state index in [1.807, 2.05) is 6.92 Å². The first-order valence-electron chi connectivity index (χ1n) is 11.9. The Balaban J connectivity index is 0.000000941. The van der Waals surface area contributed by atoms with Crippen LogP contribution in [0.5, 0.6) is 5.75 Å². The zero-order chi connectivity index (χ0) is 21.2. The quantitative estimate of drug-likeness (QED) is 0.365. The summed E-state index contributed by atoms with van der Waals surface area (Å²) in [6.07, 6.45) is 14.6. The maximum absolute atomic E-state index is 6.38. The highest BCUT2D eigenvalue weighted by Crippen LogP contribution is 2.45. The van der Waals surface area contributed by atoms with E-state index >= 15 is 0 Å². The Hall–Kier alpha value is -1.57. The summed E-state index contributed by atoms with van der Waals surface area (Å²) in [6, 6.07) is 7.20. The molecule has 2 saturated carbocycles. The topological polar surface area (TPSA) is 21.6 Å². The Labute approximate surface area is 179 Å². The van der Waals surface area contributed by atoms with Crippen LogP contribution in [0.1, 0.15) is 103 Å². The van der Waals surface area contributed by atoms with Gasteiger partial charge in [0.25, 0.3) is 0 Å². The van der Waals surface area contributed by atoms with Crippen molar-refractivity contribution in [2.24, 2.45) is 16.8 Å². The molecule has 2 aliphatic rings. The number of hydrogen-bond acceptors (Lipinski definition) is 2. The lowest BCUT2D eigenvalue weighted by Crippen LogP contribution is -2.24. The summed E-state index contributed by atoms with van der Waals surface area (Å²) in [6.45, 7) is 14.4. The number of benzene rings is 1. The fourth-order valence-corrected chi connectivity index (χ4v) is 5.02. The Bertz CT molecular complexity index is 632. The van der Waals surface area contributed by atoms with E-state index in [0.717, 1.165) is 17.6 Å². The summed E-state index contributed by atoms with van der Waals surface area (Å²) in [7, 11) is 0. The molecule has 0 aromatic heterocycles. The first-order chi connectivity index (χ1) is 14.0. The molecule has 1 aromatic carbocycles. The van der Waals surface area contributed by atoms with Gasteiger partial charge in [-0.05, 0) is 63.0 Å². The Morgan fingerprint density at radius 1 is 1.00 bits per heavy atom. The van der Waals surface area contributed by atoms with Crippen LogP contribution in [0.4, 0.5) is 0 Å². The first kappa shape index (κ1) is 23.7. The molecule has 0 aliphatic heterocycles. The Morgan fingerprint density at radius 2 is 1.62 bits per heavy atom. The largest absolute Gasteiger partial charge is 0.490 e. The molecule has 3 rings (SSSR count). The summed E-state index contributed by atoms with van der Waals surface area (Å²) >= 11 is 0. The van der Waals surface area contributed by atoms with Gasteiger partial charge >= 0.3 is 0 Å². The minimum atomic E-state index is 0.187. The third-order valence-corrected chi connectivity index (χ3v) is 6.33. The second-order valence-electron chi connectivity index (χ2n) is 9.32. The van der Waals surface area contributed by atoms with Crippen LogP contribution in [-0.2, 0) is 0 Å². The van der Waals surface area contributed by atoms with Crippen molar-refractivity contribution in [1.29, 1.82) is 0 Å². The van der Waals surface area contributed by atoms with E-state index in [4.69, 9.17) is 9.73 Å². The molecule has 2 unspecified atom stereocenters. The number of allylic oxidation sites excluding steroid dienone is 1. The summed E-state index contributed by atoms with van der Waals surface area (Å²) in [5, 5.41) is 0. The predicted molar refractivity (Wildman–Crippen MR) is 127 cm³/mol. The highest BCUT2D eigenvalue weighted by atomic mass is 16.5. The van der Waals surface area contributed by atoms with Crippen LogP contribution in [0.25, 0.3) is 0 Å². The van der Waals surface area contributed by atoms with Gasteiger partial charge in [-0.15, -0.1) is 6.58 Å². The van der Waals surface area contributed by atoms with Crippen molar-refractivity contribution < 1.29 is 4.74 Å². The summed E-state index contributed by atoms with van der Waals surface area (Å²) in [4.78, 5) is 4.94. The van der Waals surface area contributed by atoms with Crippen molar-refractivity contribution >= 4 is 6.21 Å². The number of aliphatic imine (C=N–C) groups is 1. The summed E-state index contributed by atoms with van der Waals surface area (Å²) < 4.78 is 6.38. The molecule has 0 N–H and O–H groups in total. The normalized spacial score (nSPS) is 25.5. The molecule has 162 valence electrons. The van der Waals surface area contributed by atoms with Gasteiger partial charge in [-0.1, -0.05) is 70.6 Å². The van der Waals surface area contributed by atoms with E-state index in [0.29, 0.717) is 12.0 Å². The number of para-hydroxylation sites is 1. The fourth-order valence-electron chi connectivity index (χ4n) is 5.02. The molecule has 2 atom stereocenters. The second-order valence-corrected chi connectivity index (χ2v) is 9.32. The average Bonchev–Trinajstić information content (AvgIpc) is 2.69. The van der Waals surface area contributed by atoms with Crippen molar-refractivity contribution in [3.8, 4) is 5.75 Å². The summed E-state index contributed by atoms with van der Waals surface area (Å²) in [5.41, 5.74) is 2.58. The van der Waals surface area contributed by atoms with Crippen LogP contribution >= 0.6 is 0 Å². The second kappa shape index (κ2) is 12.2. The molecule has 0 heterocycles. The Morgan fingerprint density at radius 3 is 2.21 bits per heavy atom. The minimum Gasteiger partial charge on any atom is -0.490 e. The summed E-state index contributed by atoms with van der Waals surface area (Å²) in [5.74, 6) is 3.13. The van der Waals surface area contributed by atoms with Gasteiger partial charge in [0.2, 0.25) is 0 Å².